The lowest BCUT2D eigenvalue weighted by Crippen LogP contribution is -2.49. The van der Waals surface area contributed by atoms with Gasteiger partial charge in [0, 0.05) is 30.9 Å². The molecule has 0 unspecified atom stereocenters. The molecule has 2 amide bonds. The molecule has 3 N–H and O–H groups in total. The fourth-order valence-corrected chi connectivity index (χ4v) is 4.85. The van der Waals surface area contributed by atoms with Crippen LogP contribution in [0.15, 0.2) is 48.5 Å². The maximum atomic E-state index is 13.0. The summed E-state index contributed by atoms with van der Waals surface area (Å²) in [7, 11) is 0. The standard InChI is InChI=1S/C28H36N4O5/c33-26(20-31-13-1-2-14-31)29-23-7-3-21(4-8-23)19-22-5-9-24(10-6-22)30-28(36)25(11-12-27(34)35)32-15-17-37-18-16-32/h3-10,25H,1-2,11-20H2,(H,29,33)(H,30,36)(H,34,35)/t25-/m0/s1. The predicted octanol–water partition coefficient (Wildman–Crippen LogP) is 2.82. The largest absolute Gasteiger partial charge is 0.481 e. The molecule has 0 saturated carbocycles. The van der Waals surface area contributed by atoms with Crippen molar-refractivity contribution in [1.29, 1.82) is 0 Å². The second-order valence-electron chi connectivity index (χ2n) is 9.69. The van der Waals surface area contributed by atoms with Gasteiger partial charge in [-0.15, -0.1) is 0 Å². The number of rotatable bonds is 11. The molecule has 2 aliphatic heterocycles. The Bertz CT molecular complexity index is 1050. The molecule has 9 nitrogen and oxygen atoms in total. The van der Waals surface area contributed by atoms with Crippen molar-refractivity contribution < 1.29 is 24.2 Å². The maximum Gasteiger partial charge on any atom is 0.303 e. The molecule has 2 fully saturated rings. The highest BCUT2D eigenvalue weighted by molar-refractivity contribution is 5.95. The van der Waals surface area contributed by atoms with Crippen LogP contribution in [0, 0.1) is 0 Å². The smallest absolute Gasteiger partial charge is 0.303 e. The molecule has 0 bridgehead atoms. The van der Waals surface area contributed by atoms with E-state index in [2.05, 4.69) is 15.5 Å². The van der Waals surface area contributed by atoms with Crippen molar-refractivity contribution >= 4 is 29.2 Å². The number of morpholine rings is 1. The number of hydrogen-bond donors (Lipinski definition) is 3. The molecular formula is C28H36N4O5. The van der Waals surface area contributed by atoms with E-state index >= 15 is 0 Å². The first-order chi connectivity index (χ1) is 18.0. The minimum absolute atomic E-state index is 0.0195. The Morgan fingerprint density at radius 2 is 1.41 bits per heavy atom. The number of carbonyl (C=O) groups is 3. The number of aliphatic carboxylic acids is 1. The van der Waals surface area contributed by atoms with E-state index < -0.39 is 12.0 Å². The van der Waals surface area contributed by atoms with Gasteiger partial charge in [0.1, 0.15) is 0 Å². The Hall–Kier alpha value is -3.27. The van der Waals surface area contributed by atoms with Gasteiger partial charge in [0.15, 0.2) is 0 Å². The lowest BCUT2D eigenvalue weighted by atomic mass is 10.0. The third-order valence-electron chi connectivity index (χ3n) is 6.85. The van der Waals surface area contributed by atoms with Crippen LogP contribution in [0.5, 0.6) is 0 Å². The van der Waals surface area contributed by atoms with Gasteiger partial charge in [0.25, 0.3) is 0 Å². The van der Waals surface area contributed by atoms with Crippen molar-refractivity contribution in [3.63, 3.8) is 0 Å². The molecule has 2 aliphatic rings. The zero-order valence-electron chi connectivity index (χ0n) is 21.2. The highest BCUT2D eigenvalue weighted by Gasteiger charge is 2.28. The first-order valence-electron chi connectivity index (χ1n) is 13.0. The monoisotopic (exact) mass is 508 g/mol. The van der Waals surface area contributed by atoms with Gasteiger partial charge >= 0.3 is 5.97 Å². The Morgan fingerprint density at radius 1 is 0.838 bits per heavy atom. The minimum Gasteiger partial charge on any atom is -0.481 e. The number of amides is 2. The van der Waals surface area contributed by atoms with Crippen molar-refractivity contribution in [3.8, 4) is 0 Å². The maximum absolute atomic E-state index is 13.0. The first kappa shape index (κ1) is 26.8. The fourth-order valence-electron chi connectivity index (χ4n) is 4.85. The van der Waals surface area contributed by atoms with Gasteiger partial charge in [-0.1, -0.05) is 24.3 Å². The van der Waals surface area contributed by atoms with Gasteiger partial charge < -0.3 is 20.5 Å². The van der Waals surface area contributed by atoms with Crippen LogP contribution in [0.4, 0.5) is 11.4 Å². The Balaban J connectivity index is 1.28. The minimum atomic E-state index is -0.909. The van der Waals surface area contributed by atoms with Gasteiger partial charge in [-0.05, 0) is 74.2 Å². The van der Waals surface area contributed by atoms with Crippen molar-refractivity contribution in [2.75, 3.05) is 56.6 Å². The van der Waals surface area contributed by atoms with Crippen LogP contribution in [0.2, 0.25) is 0 Å². The average molecular weight is 509 g/mol. The number of carboxylic acid groups (broad SMARTS) is 1. The van der Waals surface area contributed by atoms with E-state index in [0.717, 1.165) is 49.2 Å². The third-order valence-corrected chi connectivity index (χ3v) is 6.85. The van der Waals surface area contributed by atoms with Crippen LogP contribution < -0.4 is 10.6 Å². The van der Waals surface area contributed by atoms with Gasteiger partial charge in [-0.3, -0.25) is 24.2 Å². The summed E-state index contributed by atoms with van der Waals surface area (Å²) in [5, 5.41) is 15.0. The number of likely N-dealkylation sites (tertiary alicyclic amines) is 1. The molecule has 0 radical (unpaired) electrons. The Labute approximate surface area is 217 Å². The summed E-state index contributed by atoms with van der Waals surface area (Å²) in [6.45, 7) is 4.73. The highest BCUT2D eigenvalue weighted by Crippen LogP contribution is 2.18. The Kier molecular flexibility index (Phi) is 9.65. The molecule has 9 heteroatoms. The second kappa shape index (κ2) is 13.3. The van der Waals surface area contributed by atoms with Crippen molar-refractivity contribution in [1.82, 2.24) is 9.80 Å². The summed E-state index contributed by atoms with van der Waals surface area (Å²) >= 11 is 0. The molecule has 0 spiro atoms. The highest BCUT2D eigenvalue weighted by atomic mass is 16.5. The Morgan fingerprint density at radius 3 is 1.97 bits per heavy atom. The lowest BCUT2D eigenvalue weighted by molar-refractivity contribution is -0.137. The van der Waals surface area contributed by atoms with Crippen LogP contribution in [0.3, 0.4) is 0 Å². The van der Waals surface area contributed by atoms with Crippen molar-refractivity contribution in [3.05, 3.63) is 59.7 Å². The predicted molar refractivity (Wildman–Crippen MR) is 142 cm³/mol. The SMILES string of the molecule is O=C(O)CC[C@@H](C(=O)Nc1ccc(Cc2ccc(NC(=O)CN3CCCC3)cc2)cc1)N1CCOCC1. The number of carbonyl (C=O) groups excluding carboxylic acids is 2. The van der Waals surface area contributed by atoms with E-state index in [-0.39, 0.29) is 24.7 Å². The summed E-state index contributed by atoms with van der Waals surface area (Å²) in [5.41, 5.74) is 3.69. The van der Waals surface area contributed by atoms with Crippen molar-refractivity contribution in [2.24, 2.45) is 0 Å². The number of hydrogen-bond acceptors (Lipinski definition) is 6. The molecule has 2 saturated heterocycles. The summed E-state index contributed by atoms with van der Waals surface area (Å²) in [6, 6.07) is 15.1. The van der Waals surface area contributed by atoms with E-state index in [1.165, 1.54) is 0 Å². The van der Waals surface area contributed by atoms with Gasteiger partial charge in [-0.2, -0.15) is 0 Å². The lowest BCUT2D eigenvalue weighted by Gasteiger charge is -2.33. The molecule has 37 heavy (non-hydrogen) atoms. The summed E-state index contributed by atoms with van der Waals surface area (Å²) < 4.78 is 5.37. The van der Waals surface area contributed by atoms with Crippen LogP contribution in [0.1, 0.15) is 36.8 Å². The van der Waals surface area contributed by atoms with Crippen LogP contribution in [0.25, 0.3) is 0 Å². The molecule has 1 atom stereocenters. The molecule has 0 aliphatic carbocycles. The zero-order chi connectivity index (χ0) is 26.0. The van der Waals surface area contributed by atoms with Gasteiger partial charge in [0.05, 0.1) is 25.8 Å². The van der Waals surface area contributed by atoms with E-state index in [1.54, 1.807) is 0 Å². The number of carboxylic acids is 1. The molecule has 0 aromatic heterocycles. The van der Waals surface area contributed by atoms with E-state index in [1.807, 2.05) is 53.4 Å². The van der Waals surface area contributed by atoms with Crippen LogP contribution in [-0.2, 0) is 25.5 Å². The third kappa shape index (κ3) is 8.38. The van der Waals surface area contributed by atoms with Gasteiger partial charge in [-0.25, -0.2) is 0 Å². The number of nitrogens with zero attached hydrogens (tertiary/aromatic N) is 2. The number of ether oxygens (including phenoxy) is 1. The topological polar surface area (TPSA) is 111 Å². The molecule has 2 aromatic carbocycles. The summed E-state index contributed by atoms with van der Waals surface area (Å²) in [6.07, 6.45) is 3.25. The number of benzene rings is 2. The van der Waals surface area contributed by atoms with E-state index in [0.29, 0.717) is 38.5 Å². The summed E-state index contributed by atoms with van der Waals surface area (Å²) in [5.74, 6) is -1.09. The summed E-state index contributed by atoms with van der Waals surface area (Å²) in [4.78, 5) is 40.5. The zero-order valence-corrected chi connectivity index (χ0v) is 21.2. The molecule has 2 aromatic rings. The van der Waals surface area contributed by atoms with Crippen LogP contribution in [-0.4, -0.2) is 84.7 Å². The number of nitrogens with one attached hydrogen (secondary N) is 2. The number of anilines is 2. The molecule has 2 heterocycles. The molecular weight excluding hydrogens is 472 g/mol. The van der Waals surface area contributed by atoms with Gasteiger partial charge in [0.2, 0.25) is 11.8 Å². The van der Waals surface area contributed by atoms with E-state index in [9.17, 15) is 14.4 Å². The molecule has 198 valence electrons. The van der Waals surface area contributed by atoms with E-state index in [4.69, 9.17) is 9.84 Å². The normalized spacial score (nSPS) is 17.3. The molecule has 4 rings (SSSR count). The fraction of sp³-hybridized carbons (Fsp3) is 0.464. The average Bonchev–Trinajstić information content (AvgIpc) is 3.40. The van der Waals surface area contributed by atoms with Crippen molar-refractivity contribution in [2.45, 2.75) is 38.1 Å². The quantitative estimate of drug-likeness (QED) is 0.428. The second-order valence-corrected chi connectivity index (χ2v) is 9.69. The van der Waals surface area contributed by atoms with Crippen LogP contribution >= 0.6 is 0 Å². The first-order valence-corrected chi connectivity index (χ1v) is 13.0.